The van der Waals surface area contributed by atoms with Gasteiger partial charge in [0, 0.05) is 32.8 Å². The van der Waals surface area contributed by atoms with Gasteiger partial charge in [0.2, 0.25) is 5.41 Å². The fourth-order valence-electron chi connectivity index (χ4n) is 2.84. The summed E-state index contributed by atoms with van der Waals surface area (Å²) in [6.07, 6.45) is 3.16. The molecule has 0 aromatic heterocycles. The summed E-state index contributed by atoms with van der Waals surface area (Å²) in [6, 6.07) is 0.967. The minimum absolute atomic E-state index is 0. The van der Waals surface area contributed by atoms with E-state index < -0.39 is 14.0 Å². The van der Waals surface area contributed by atoms with E-state index in [0.717, 1.165) is 25.3 Å². The average Bonchev–Trinajstić information content (AvgIpc) is 2.34. The molecule has 4 nitrogen and oxygen atoms in total. The van der Waals surface area contributed by atoms with E-state index in [1.165, 1.54) is 0 Å². The fraction of sp³-hybridized carbons (Fsp3) is 1.00. The van der Waals surface area contributed by atoms with Gasteiger partial charge in [-0.2, -0.15) is 9.90 Å². The zero-order valence-electron chi connectivity index (χ0n) is 13.0. The molecule has 0 aromatic rings. The van der Waals surface area contributed by atoms with E-state index in [1.54, 1.807) is 0 Å². The first kappa shape index (κ1) is 22.8. The fourth-order valence-corrected chi connectivity index (χ4v) is 6.97. The molecular weight excluding hydrogens is 290 g/mol. The Kier molecular flexibility index (Phi) is 12.7. The molecule has 0 aliphatic carbocycles. The Bertz CT molecular complexity index is 199. The summed E-state index contributed by atoms with van der Waals surface area (Å²) >= 11 is 0. The zero-order valence-corrected chi connectivity index (χ0v) is 15.4. The second-order valence-corrected chi connectivity index (χ2v) is 7.79. The quantitative estimate of drug-likeness (QED) is 0.388. The third kappa shape index (κ3) is 4.79. The summed E-state index contributed by atoms with van der Waals surface area (Å²) in [7, 11) is -2.45. The summed E-state index contributed by atoms with van der Waals surface area (Å²) < 4.78 is 24.2. The SMILES string of the molecule is B.CCOC1(OCC)CCCC[Si]1(OCC)OCC.P. The van der Waals surface area contributed by atoms with Gasteiger partial charge in [-0.3, -0.25) is 0 Å². The molecule has 20 heavy (non-hydrogen) atoms. The van der Waals surface area contributed by atoms with Gasteiger partial charge in [-0.15, -0.1) is 0 Å². The molecule has 1 aliphatic heterocycles. The minimum atomic E-state index is -2.45. The predicted molar refractivity (Wildman–Crippen MR) is 94.7 cm³/mol. The standard InChI is InChI=1S/C13H28O4Si.BH3.H3P/c1-5-14-13(15-6-2)11-9-10-12-18(13,16-7-3)17-8-4;;/h5-12H2,1-4H3;2*1H3. The molecule has 7 heteroatoms. The molecule has 122 valence electrons. The van der Waals surface area contributed by atoms with Crippen molar-refractivity contribution < 1.29 is 18.3 Å². The molecule has 0 N–H and O–H groups in total. The number of hydrogen-bond acceptors (Lipinski definition) is 4. The molecule has 1 saturated heterocycles. The highest BCUT2D eigenvalue weighted by Crippen LogP contribution is 2.41. The zero-order chi connectivity index (χ0) is 13.5. The van der Waals surface area contributed by atoms with Gasteiger partial charge in [-0.25, -0.2) is 0 Å². The third-order valence-electron chi connectivity index (χ3n) is 3.35. The van der Waals surface area contributed by atoms with Crippen molar-refractivity contribution in [2.45, 2.75) is 58.4 Å². The van der Waals surface area contributed by atoms with Crippen molar-refractivity contribution in [3.63, 3.8) is 0 Å². The number of ether oxygens (including phenoxy) is 2. The van der Waals surface area contributed by atoms with E-state index in [4.69, 9.17) is 18.3 Å². The van der Waals surface area contributed by atoms with Gasteiger partial charge in [0.05, 0.1) is 8.41 Å². The van der Waals surface area contributed by atoms with E-state index in [0.29, 0.717) is 26.4 Å². The molecule has 0 aromatic carbocycles. The summed E-state index contributed by atoms with van der Waals surface area (Å²) in [5.74, 6) is 0. The van der Waals surface area contributed by atoms with Crippen LogP contribution in [0.1, 0.15) is 47.0 Å². The number of hydrogen-bond donors (Lipinski definition) is 0. The Hall–Kier alpha value is 0.552. The Morgan fingerprint density at radius 3 is 1.75 bits per heavy atom. The highest BCUT2D eigenvalue weighted by molar-refractivity contribution is 6.92. The Morgan fingerprint density at radius 1 is 0.850 bits per heavy atom. The average molecular weight is 324 g/mol. The van der Waals surface area contributed by atoms with Gasteiger partial charge in [0.15, 0.2) is 0 Å². The topological polar surface area (TPSA) is 36.9 Å². The van der Waals surface area contributed by atoms with E-state index in [9.17, 15) is 0 Å². The van der Waals surface area contributed by atoms with Crippen molar-refractivity contribution in [3.8, 4) is 0 Å². The predicted octanol–water partition coefficient (Wildman–Crippen LogP) is 1.87. The molecule has 1 fully saturated rings. The summed E-state index contributed by atoms with van der Waals surface area (Å²) in [4.78, 5) is 0. The maximum Gasteiger partial charge on any atom is 0.399 e. The number of rotatable bonds is 8. The second-order valence-electron chi connectivity index (χ2n) is 4.44. The Morgan fingerprint density at radius 2 is 1.35 bits per heavy atom. The molecule has 1 rings (SSSR count). The lowest BCUT2D eigenvalue weighted by atomic mass is 10.2. The van der Waals surface area contributed by atoms with Crippen molar-refractivity contribution in [1.29, 1.82) is 0 Å². The Labute approximate surface area is 130 Å². The summed E-state index contributed by atoms with van der Waals surface area (Å²) in [5, 5.41) is 0. The molecular formula is C13H34BO4PSi. The summed E-state index contributed by atoms with van der Waals surface area (Å²) in [6.45, 7) is 10.6. The Balaban J connectivity index is 0. The molecule has 0 spiro atoms. The van der Waals surface area contributed by atoms with E-state index >= 15 is 0 Å². The van der Waals surface area contributed by atoms with Crippen LogP contribution in [0.5, 0.6) is 0 Å². The lowest BCUT2D eigenvalue weighted by Gasteiger charge is -2.48. The van der Waals surface area contributed by atoms with Gasteiger partial charge in [-0.05, 0) is 40.2 Å². The maximum absolute atomic E-state index is 6.10. The maximum atomic E-state index is 6.10. The minimum Gasteiger partial charge on any atom is -0.392 e. The van der Waals surface area contributed by atoms with Crippen LogP contribution in [0.25, 0.3) is 0 Å². The molecule has 0 saturated carbocycles. The van der Waals surface area contributed by atoms with Gasteiger partial charge in [0.1, 0.15) is 0 Å². The normalized spacial score (nSPS) is 19.8. The monoisotopic (exact) mass is 324 g/mol. The lowest BCUT2D eigenvalue weighted by Crippen LogP contribution is -2.67. The van der Waals surface area contributed by atoms with Crippen LogP contribution in [0.15, 0.2) is 0 Å². The highest BCUT2D eigenvalue weighted by Gasteiger charge is 2.61. The van der Waals surface area contributed by atoms with Gasteiger partial charge < -0.3 is 18.3 Å². The van der Waals surface area contributed by atoms with Crippen LogP contribution in [0.2, 0.25) is 6.04 Å². The second kappa shape index (κ2) is 11.2. The van der Waals surface area contributed by atoms with Gasteiger partial charge in [-0.1, -0.05) is 6.42 Å². The van der Waals surface area contributed by atoms with Crippen molar-refractivity contribution in [2.75, 3.05) is 26.4 Å². The van der Waals surface area contributed by atoms with Crippen LogP contribution in [-0.2, 0) is 18.3 Å². The van der Waals surface area contributed by atoms with Crippen LogP contribution in [-0.4, -0.2) is 48.8 Å². The first-order chi connectivity index (χ1) is 8.70. The lowest BCUT2D eigenvalue weighted by molar-refractivity contribution is -0.211. The van der Waals surface area contributed by atoms with Crippen molar-refractivity contribution in [2.24, 2.45) is 0 Å². The first-order valence-electron chi connectivity index (χ1n) is 7.26. The molecule has 0 amide bonds. The molecule has 1 aliphatic rings. The summed E-state index contributed by atoms with van der Waals surface area (Å²) in [5.41, 5.74) is -0.610. The van der Waals surface area contributed by atoms with Crippen molar-refractivity contribution in [1.82, 2.24) is 0 Å². The van der Waals surface area contributed by atoms with Crippen LogP contribution in [0, 0.1) is 0 Å². The van der Waals surface area contributed by atoms with Crippen LogP contribution in [0.4, 0.5) is 0 Å². The van der Waals surface area contributed by atoms with Gasteiger partial charge >= 0.3 is 8.56 Å². The van der Waals surface area contributed by atoms with Crippen LogP contribution >= 0.6 is 9.90 Å². The van der Waals surface area contributed by atoms with E-state index in [-0.39, 0.29) is 18.3 Å². The van der Waals surface area contributed by atoms with Crippen molar-refractivity contribution >= 4 is 26.9 Å². The van der Waals surface area contributed by atoms with E-state index in [1.807, 2.05) is 27.7 Å². The van der Waals surface area contributed by atoms with Crippen LogP contribution in [0.3, 0.4) is 0 Å². The third-order valence-corrected chi connectivity index (χ3v) is 7.57. The molecule has 0 radical (unpaired) electrons. The largest absolute Gasteiger partial charge is 0.399 e. The highest BCUT2D eigenvalue weighted by atomic mass is 31.0. The molecule has 1 heterocycles. The smallest absolute Gasteiger partial charge is 0.392 e. The molecule has 1 unspecified atom stereocenters. The van der Waals surface area contributed by atoms with Crippen LogP contribution < -0.4 is 0 Å². The molecule has 1 atom stereocenters. The van der Waals surface area contributed by atoms with Gasteiger partial charge in [0.25, 0.3) is 0 Å². The molecule has 0 bridgehead atoms. The first-order valence-corrected chi connectivity index (χ1v) is 9.28. The van der Waals surface area contributed by atoms with E-state index in [2.05, 4.69) is 0 Å². The van der Waals surface area contributed by atoms with Crippen molar-refractivity contribution in [3.05, 3.63) is 0 Å².